The minimum absolute atomic E-state index is 0.0996. The van der Waals surface area contributed by atoms with E-state index in [4.69, 9.17) is 10.5 Å². The Morgan fingerprint density at radius 3 is 2.57 bits per heavy atom. The Morgan fingerprint density at radius 2 is 1.86 bits per heavy atom. The van der Waals surface area contributed by atoms with Gasteiger partial charge in [-0.15, -0.1) is 0 Å². The van der Waals surface area contributed by atoms with Gasteiger partial charge in [0.2, 0.25) is 5.75 Å². The van der Waals surface area contributed by atoms with Crippen LogP contribution in [0.1, 0.15) is 0 Å². The lowest BCUT2D eigenvalue weighted by Crippen LogP contribution is -1.95. The zero-order valence-electron chi connectivity index (χ0n) is 10.9. The lowest BCUT2D eigenvalue weighted by molar-refractivity contribution is -0.383. The Morgan fingerprint density at radius 1 is 1.10 bits per heavy atom. The van der Waals surface area contributed by atoms with Crippen LogP contribution in [-0.2, 0) is 0 Å². The number of hydrogen-bond acceptors (Lipinski definition) is 5. The molecule has 3 rings (SSSR count). The van der Waals surface area contributed by atoms with Crippen molar-refractivity contribution >= 4 is 22.3 Å². The van der Waals surface area contributed by atoms with E-state index in [1.165, 1.54) is 0 Å². The molecule has 0 amide bonds. The molecule has 2 N–H and O–H groups in total. The largest absolute Gasteiger partial charge is 0.450 e. The lowest BCUT2D eigenvalue weighted by atomic mass is 10.1. The van der Waals surface area contributed by atoms with Gasteiger partial charge in [-0.2, -0.15) is 0 Å². The molecule has 0 aliphatic heterocycles. The van der Waals surface area contributed by atoms with Crippen LogP contribution in [0.4, 0.5) is 11.4 Å². The van der Waals surface area contributed by atoms with Gasteiger partial charge in [0, 0.05) is 11.9 Å². The first-order valence-electron chi connectivity index (χ1n) is 6.20. The molecular formula is C15H11N3O3. The number of nitro benzene ring substituents is 1. The maximum absolute atomic E-state index is 11.4. The van der Waals surface area contributed by atoms with Crippen LogP contribution in [-0.4, -0.2) is 9.91 Å². The second kappa shape index (κ2) is 5.09. The molecule has 0 saturated heterocycles. The Balaban J connectivity index is 2.11. The number of nitrogen functional groups attached to an aromatic ring is 1. The van der Waals surface area contributed by atoms with E-state index in [1.54, 1.807) is 54.7 Å². The Labute approximate surface area is 119 Å². The topological polar surface area (TPSA) is 91.3 Å². The smallest absolute Gasteiger partial charge is 0.320 e. The van der Waals surface area contributed by atoms with Crippen molar-refractivity contribution in [2.75, 3.05) is 5.73 Å². The molecule has 2 aromatic carbocycles. The maximum Gasteiger partial charge on any atom is 0.320 e. The third kappa shape index (κ3) is 2.46. The highest BCUT2D eigenvalue weighted by Gasteiger charge is 2.20. The van der Waals surface area contributed by atoms with Crippen molar-refractivity contribution < 1.29 is 9.66 Å². The van der Waals surface area contributed by atoms with Gasteiger partial charge >= 0.3 is 5.69 Å². The molecular weight excluding hydrogens is 270 g/mol. The lowest BCUT2D eigenvalue weighted by Gasteiger charge is -2.08. The Bertz CT molecular complexity index is 816. The number of benzene rings is 2. The van der Waals surface area contributed by atoms with Crippen LogP contribution in [0.25, 0.3) is 10.9 Å². The highest BCUT2D eigenvalue weighted by molar-refractivity contribution is 5.90. The van der Waals surface area contributed by atoms with Crippen molar-refractivity contribution in [1.29, 1.82) is 0 Å². The van der Waals surface area contributed by atoms with Gasteiger partial charge in [-0.1, -0.05) is 0 Å². The van der Waals surface area contributed by atoms with Gasteiger partial charge in [-0.25, -0.2) is 0 Å². The Kier molecular flexibility index (Phi) is 3.12. The fourth-order valence-corrected chi connectivity index (χ4v) is 2.05. The summed E-state index contributed by atoms with van der Waals surface area (Å²) >= 11 is 0. The molecule has 0 bridgehead atoms. The number of ether oxygens (including phenoxy) is 1. The molecule has 0 fully saturated rings. The summed E-state index contributed by atoms with van der Waals surface area (Å²) in [5, 5.41) is 11.8. The molecule has 0 aliphatic rings. The highest BCUT2D eigenvalue weighted by Crippen LogP contribution is 2.37. The van der Waals surface area contributed by atoms with Crippen molar-refractivity contribution in [2.45, 2.75) is 0 Å². The van der Waals surface area contributed by atoms with E-state index in [2.05, 4.69) is 4.98 Å². The van der Waals surface area contributed by atoms with E-state index in [1.807, 2.05) is 0 Å². The fourth-order valence-electron chi connectivity index (χ4n) is 2.05. The minimum atomic E-state index is -0.462. The predicted molar refractivity (Wildman–Crippen MR) is 79.3 cm³/mol. The van der Waals surface area contributed by atoms with E-state index in [-0.39, 0.29) is 11.4 Å². The number of fused-ring (bicyclic) bond motifs is 1. The molecule has 0 radical (unpaired) electrons. The van der Waals surface area contributed by atoms with Gasteiger partial charge in [-0.3, -0.25) is 15.1 Å². The van der Waals surface area contributed by atoms with Crippen molar-refractivity contribution in [2.24, 2.45) is 0 Å². The summed E-state index contributed by atoms with van der Waals surface area (Å²) in [4.78, 5) is 15.0. The summed E-state index contributed by atoms with van der Waals surface area (Å²) in [6.45, 7) is 0. The molecule has 0 spiro atoms. The van der Waals surface area contributed by atoms with Crippen molar-refractivity contribution in [3.8, 4) is 11.5 Å². The third-order valence-electron chi connectivity index (χ3n) is 3.01. The maximum atomic E-state index is 11.4. The first kappa shape index (κ1) is 12.9. The summed E-state index contributed by atoms with van der Waals surface area (Å²) in [7, 11) is 0. The van der Waals surface area contributed by atoms with E-state index < -0.39 is 4.92 Å². The summed E-state index contributed by atoms with van der Waals surface area (Å²) < 4.78 is 5.61. The van der Waals surface area contributed by atoms with Gasteiger partial charge in [0.1, 0.15) is 5.75 Å². The van der Waals surface area contributed by atoms with Gasteiger partial charge in [0.15, 0.2) is 0 Å². The van der Waals surface area contributed by atoms with Crippen LogP contribution in [0.2, 0.25) is 0 Å². The molecule has 21 heavy (non-hydrogen) atoms. The zero-order chi connectivity index (χ0) is 14.8. The number of nitro groups is 1. The molecule has 0 saturated carbocycles. The van der Waals surface area contributed by atoms with Gasteiger partial charge in [-0.05, 0) is 48.5 Å². The number of rotatable bonds is 3. The summed E-state index contributed by atoms with van der Waals surface area (Å²) in [6.07, 6.45) is 1.59. The summed E-state index contributed by atoms with van der Waals surface area (Å²) in [6, 6.07) is 13.2. The average molecular weight is 281 g/mol. The van der Waals surface area contributed by atoms with Gasteiger partial charge < -0.3 is 10.5 Å². The predicted octanol–water partition coefficient (Wildman–Crippen LogP) is 3.52. The van der Waals surface area contributed by atoms with E-state index in [0.717, 1.165) is 0 Å². The summed E-state index contributed by atoms with van der Waals surface area (Å²) in [5.41, 5.74) is 6.65. The molecule has 0 atom stereocenters. The molecule has 6 nitrogen and oxygen atoms in total. The second-order valence-electron chi connectivity index (χ2n) is 4.41. The average Bonchev–Trinajstić information content (AvgIpc) is 2.49. The van der Waals surface area contributed by atoms with Crippen LogP contribution in [0.3, 0.4) is 0 Å². The molecule has 104 valence electrons. The van der Waals surface area contributed by atoms with Gasteiger partial charge in [0.05, 0.1) is 15.8 Å². The van der Waals surface area contributed by atoms with Crippen LogP contribution in [0, 0.1) is 10.1 Å². The van der Waals surface area contributed by atoms with E-state index >= 15 is 0 Å². The molecule has 1 aromatic heterocycles. The number of aromatic nitrogens is 1. The van der Waals surface area contributed by atoms with Crippen LogP contribution in [0.15, 0.2) is 54.7 Å². The first-order chi connectivity index (χ1) is 10.1. The van der Waals surface area contributed by atoms with E-state index in [0.29, 0.717) is 22.3 Å². The zero-order valence-corrected chi connectivity index (χ0v) is 10.9. The highest BCUT2D eigenvalue weighted by atomic mass is 16.6. The Hall–Kier alpha value is -3.15. The SMILES string of the molecule is Nc1ccc(Oc2ccc3ncccc3c2[N+](=O)[O-])cc1. The van der Waals surface area contributed by atoms with Crippen LogP contribution >= 0.6 is 0 Å². The fraction of sp³-hybridized carbons (Fsp3) is 0. The molecule has 0 unspecified atom stereocenters. The number of hydrogen-bond donors (Lipinski definition) is 1. The van der Waals surface area contributed by atoms with Crippen molar-refractivity contribution in [3.05, 3.63) is 64.8 Å². The monoisotopic (exact) mass is 281 g/mol. The minimum Gasteiger partial charge on any atom is -0.450 e. The molecule has 3 aromatic rings. The normalized spacial score (nSPS) is 10.5. The number of anilines is 1. The first-order valence-corrected chi connectivity index (χ1v) is 6.20. The summed E-state index contributed by atoms with van der Waals surface area (Å²) in [5.74, 6) is 0.654. The third-order valence-corrected chi connectivity index (χ3v) is 3.01. The quantitative estimate of drug-likeness (QED) is 0.450. The number of pyridine rings is 1. The molecule has 6 heteroatoms. The number of nitrogens with two attached hydrogens (primary N) is 1. The molecule has 0 aliphatic carbocycles. The standard InChI is InChI=1S/C15H11N3O3/c16-10-3-5-11(6-4-10)21-14-8-7-13-12(2-1-9-17-13)15(14)18(19)20/h1-9H,16H2. The van der Waals surface area contributed by atoms with E-state index in [9.17, 15) is 10.1 Å². The second-order valence-corrected chi connectivity index (χ2v) is 4.41. The van der Waals surface area contributed by atoms with Crippen molar-refractivity contribution in [3.63, 3.8) is 0 Å². The van der Waals surface area contributed by atoms with Crippen LogP contribution < -0.4 is 10.5 Å². The molecule has 1 heterocycles. The number of nitrogens with zero attached hydrogens (tertiary/aromatic N) is 2. The van der Waals surface area contributed by atoms with Crippen molar-refractivity contribution in [1.82, 2.24) is 4.98 Å². The van der Waals surface area contributed by atoms with Crippen LogP contribution in [0.5, 0.6) is 11.5 Å². The van der Waals surface area contributed by atoms with Gasteiger partial charge in [0.25, 0.3) is 0 Å².